The van der Waals surface area contributed by atoms with Crippen LogP contribution in [0, 0.1) is 10.1 Å². The van der Waals surface area contributed by atoms with Crippen molar-refractivity contribution in [3.05, 3.63) is 94.0 Å². The first-order valence-electron chi connectivity index (χ1n) is 10.1. The maximum absolute atomic E-state index is 12.6. The monoisotopic (exact) mass is 499 g/mol. The number of carbonyl (C=O) groups is 2. The van der Waals surface area contributed by atoms with E-state index in [1.165, 1.54) is 37.4 Å². The van der Waals surface area contributed by atoms with Crippen LogP contribution in [-0.2, 0) is 26.1 Å². The van der Waals surface area contributed by atoms with Gasteiger partial charge >= 0.3 is 5.97 Å². The van der Waals surface area contributed by atoms with E-state index in [9.17, 15) is 28.1 Å². The van der Waals surface area contributed by atoms with Crippen molar-refractivity contribution in [3.8, 4) is 5.75 Å². The first-order valence-corrected chi connectivity index (χ1v) is 11.6. The molecule has 0 aliphatic heterocycles. The Morgan fingerprint density at radius 1 is 1.00 bits per heavy atom. The second-order valence-corrected chi connectivity index (χ2v) is 8.87. The summed E-state index contributed by atoms with van der Waals surface area (Å²) in [6.07, 6.45) is 0. The average Bonchev–Trinajstić information content (AvgIpc) is 2.87. The van der Waals surface area contributed by atoms with Crippen LogP contribution < -0.4 is 14.8 Å². The average molecular weight is 500 g/mol. The lowest BCUT2D eigenvalue weighted by atomic mass is 10.2. The second-order valence-electron chi connectivity index (χ2n) is 7.10. The summed E-state index contributed by atoms with van der Waals surface area (Å²) >= 11 is 0. The number of nitrogens with one attached hydrogen (secondary N) is 2. The van der Waals surface area contributed by atoms with Gasteiger partial charge in [0, 0.05) is 12.6 Å². The number of non-ortho nitro benzene ring substituents is 1. The van der Waals surface area contributed by atoms with Gasteiger partial charge in [-0.2, -0.15) is 0 Å². The molecule has 0 fully saturated rings. The minimum atomic E-state index is -3.90. The summed E-state index contributed by atoms with van der Waals surface area (Å²) in [6, 6.07) is 17.8. The number of hydrogen-bond acceptors (Lipinski definition) is 8. The fourth-order valence-corrected chi connectivity index (χ4v) is 4.01. The third-order valence-corrected chi connectivity index (χ3v) is 6.09. The predicted octanol–water partition coefficient (Wildman–Crippen LogP) is 2.88. The molecule has 0 aliphatic rings. The molecule has 3 rings (SSSR count). The Labute approximate surface area is 200 Å². The maximum Gasteiger partial charge on any atom is 0.338 e. The van der Waals surface area contributed by atoms with E-state index < -0.39 is 33.4 Å². The normalized spacial score (nSPS) is 10.9. The fraction of sp³-hybridized carbons (Fsp3) is 0.130. The van der Waals surface area contributed by atoms with Crippen LogP contribution >= 0.6 is 0 Å². The lowest BCUT2D eigenvalue weighted by molar-refractivity contribution is -0.384. The van der Waals surface area contributed by atoms with Crippen molar-refractivity contribution in [3.63, 3.8) is 0 Å². The van der Waals surface area contributed by atoms with Gasteiger partial charge < -0.3 is 14.8 Å². The summed E-state index contributed by atoms with van der Waals surface area (Å²) in [5.74, 6) is -1.57. The highest BCUT2D eigenvalue weighted by molar-refractivity contribution is 7.89. The standard InChI is InChI=1S/C23H21N3O8S/c1-33-21-13-18(26(29)30)10-11-20(21)25-22(27)15-34-23(28)17-8-5-9-19(12-17)35(31,32)24-14-16-6-3-2-4-7-16/h2-13,24H,14-15H2,1H3,(H,25,27). The second kappa shape index (κ2) is 11.2. The van der Waals surface area contributed by atoms with E-state index >= 15 is 0 Å². The minimum absolute atomic E-state index is 0.0554. The van der Waals surface area contributed by atoms with Crippen LogP contribution in [0.15, 0.2) is 77.7 Å². The molecule has 182 valence electrons. The van der Waals surface area contributed by atoms with Gasteiger partial charge in [-0.3, -0.25) is 14.9 Å². The topological polar surface area (TPSA) is 154 Å². The molecule has 12 heteroatoms. The van der Waals surface area contributed by atoms with Gasteiger partial charge in [0.05, 0.1) is 34.2 Å². The number of rotatable bonds is 10. The molecule has 0 aromatic heterocycles. The minimum Gasteiger partial charge on any atom is -0.494 e. The predicted molar refractivity (Wildman–Crippen MR) is 125 cm³/mol. The molecule has 0 unspecified atom stereocenters. The Balaban J connectivity index is 1.61. The number of hydrogen-bond donors (Lipinski definition) is 2. The lowest BCUT2D eigenvalue weighted by Crippen LogP contribution is -2.24. The van der Waals surface area contributed by atoms with Crippen LogP contribution in [0.3, 0.4) is 0 Å². The van der Waals surface area contributed by atoms with Crippen LogP contribution in [0.2, 0.25) is 0 Å². The molecule has 1 amide bonds. The number of benzene rings is 3. The Bertz CT molecular complexity index is 1340. The van der Waals surface area contributed by atoms with E-state index in [1.807, 2.05) is 6.07 Å². The highest BCUT2D eigenvalue weighted by Crippen LogP contribution is 2.28. The van der Waals surface area contributed by atoms with Crippen LogP contribution in [0.4, 0.5) is 11.4 Å². The van der Waals surface area contributed by atoms with Gasteiger partial charge in [0.1, 0.15) is 5.75 Å². The summed E-state index contributed by atoms with van der Waals surface area (Å²) in [5.41, 5.74) is 0.631. The molecule has 3 aromatic rings. The number of ether oxygens (including phenoxy) is 2. The number of nitro groups is 1. The Morgan fingerprint density at radius 3 is 2.43 bits per heavy atom. The molecule has 0 spiro atoms. The van der Waals surface area contributed by atoms with Crippen molar-refractivity contribution >= 4 is 33.3 Å². The Kier molecular flexibility index (Phi) is 8.12. The molecule has 11 nitrogen and oxygen atoms in total. The number of anilines is 1. The maximum atomic E-state index is 12.6. The zero-order valence-corrected chi connectivity index (χ0v) is 19.3. The SMILES string of the molecule is COc1cc([N+](=O)[O-])ccc1NC(=O)COC(=O)c1cccc(S(=O)(=O)NCc2ccccc2)c1. The van der Waals surface area contributed by atoms with E-state index in [0.29, 0.717) is 0 Å². The first-order chi connectivity index (χ1) is 16.7. The summed E-state index contributed by atoms with van der Waals surface area (Å²) in [4.78, 5) is 34.7. The number of esters is 1. The van der Waals surface area contributed by atoms with Gasteiger partial charge in [-0.25, -0.2) is 17.9 Å². The zero-order valence-electron chi connectivity index (χ0n) is 18.5. The number of nitro benzene ring substituents is 1. The third kappa shape index (κ3) is 6.85. The third-order valence-electron chi connectivity index (χ3n) is 4.69. The van der Waals surface area contributed by atoms with Crippen LogP contribution in [-0.4, -0.2) is 38.9 Å². The van der Waals surface area contributed by atoms with Crippen molar-refractivity contribution in [2.24, 2.45) is 0 Å². The van der Waals surface area contributed by atoms with Crippen molar-refractivity contribution in [1.82, 2.24) is 4.72 Å². The molecule has 0 bridgehead atoms. The van der Waals surface area contributed by atoms with Gasteiger partial charge in [-0.05, 0) is 29.8 Å². The molecular weight excluding hydrogens is 478 g/mol. The number of amides is 1. The molecule has 0 saturated carbocycles. The van der Waals surface area contributed by atoms with Crippen LogP contribution in [0.5, 0.6) is 5.75 Å². The summed E-state index contributed by atoms with van der Waals surface area (Å²) in [5, 5.41) is 13.3. The molecule has 0 radical (unpaired) electrons. The molecule has 3 aromatic carbocycles. The highest BCUT2D eigenvalue weighted by atomic mass is 32.2. The van der Waals surface area contributed by atoms with Gasteiger partial charge in [0.15, 0.2) is 6.61 Å². The summed E-state index contributed by atoms with van der Waals surface area (Å²) < 4.78 is 37.7. The number of nitrogens with zero attached hydrogens (tertiary/aromatic N) is 1. The van der Waals surface area contributed by atoms with Gasteiger partial charge in [0.2, 0.25) is 10.0 Å². The van der Waals surface area contributed by atoms with Crippen LogP contribution in [0.1, 0.15) is 15.9 Å². The van der Waals surface area contributed by atoms with Gasteiger partial charge in [0.25, 0.3) is 11.6 Å². The van der Waals surface area contributed by atoms with Crippen molar-refractivity contribution in [1.29, 1.82) is 0 Å². The Hall–Kier alpha value is -4.29. The van der Waals surface area contributed by atoms with Crippen molar-refractivity contribution < 1.29 is 32.4 Å². The summed E-state index contributed by atoms with van der Waals surface area (Å²) in [6.45, 7) is -0.605. The number of carbonyl (C=O) groups excluding carboxylic acids is 2. The van der Waals surface area contributed by atoms with E-state index in [0.717, 1.165) is 17.7 Å². The summed E-state index contributed by atoms with van der Waals surface area (Å²) in [7, 11) is -2.62. The zero-order chi connectivity index (χ0) is 25.4. The number of sulfonamides is 1. The van der Waals surface area contributed by atoms with E-state index in [-0.39, 0.29) is 34.1 Å². The molecule has 2 N–H and O–H groups in total. The van der Waals surface area contributed by atoms with Crippen LogP contribution in [0.25, 0.3) is 0 Å². The molecule has 0 saturated heterocycles. The fourth-order valence-electron chi connectivity index (χ4n) is 2.95. The lowest BCUT2D eigenvalue weighted by Gasteiger charge is -2.11. The molecule has 0 atom stereocenters. The highest BCUT2D eigenvalue weighted by Gasteiger charge is 2.18. The van der Waals surface area contributed by atoms with E-state index in [4.69, 9.17) is 9.47 Å². The van der Waals surface area contributed by atoms with E-state index in [1.54, 1.807) is 24.3 Å². The van der Waals surface area contributed by atoms with Gasteiger partial charge in [-0.15, -0.1) is 0 Å². The quantitative estimate of drug-likeness (QED) is 0.245. The molecule has 35 heavy (non-hydrogen) atoms. The Morgan fingerprint density at radius 2 is 1.74 bits per heavy atom. The van der Waals surface area contributed by atoms with E-state index in [2.05, 4.69) is 10.0 Å². The number of methoxy groups -OCH3 is 1. The first kappa shape index (κ1) is 25.3. The van der Waals surface area contributed by atoms with Crippen molar-refractivity contribution in [2.75, 3.05) is 19.0 Å². The molecule has 0 aliphatic carbocycles. The van der Waals surface area contributed by atoms with Crippen molar-refractivity contribution in [2.45, 2.75) is 11.4 Å². The smallest absolute Gasteiger partial charge is 0.338 e. The molecule has 0 heterocycles. The largest absolute Gasteiger partial charge is 0.494 e. The van der Waals surface area contributed by atoms with Gasteiger partial charge in [-0.1, -0.05) is 36.4 Å². The molecular formula is C23H21N3O8S.